The summed E-state index contributed by atoms with van der Waals surface area (Å²) in [6.45, 7) is 0.103. The molecular weight excluding hydrogens is 1120 g/mol. The molecule has 14 aromatic rings. The average molecular weight is 1190 g/mol. The lowest BCUT2D eigenvalue weighted by molar-refractivity contribution is 1.25. The van der Waals surface area contributed by atoms with Gasteiger partial charge in [0.15, 0.2) is 0 Å². The highest BCUT2D eigenvalue weighted by atomic mass is 35.5. The van der Waals surface area contributed by atoms with E-state index < -0.39 is 0 Å². The molecule has 0 amide bonds. The highest BCUT2D eigenvalue weighted by molar-refractivity contribution is 7.00. The summed E-state index contributed by atoms with van der Waals surface area (Å²) < 4.78 is 0. The molecule has 0 radical (unpaired) electrons. The molecule has 2 aliphatic rings. The Morgan fingerprint density at radius 3 is 1.00 bits per heavy atom. The lowest BCUT2D eigenvalue weighted by Gasteiger charge is -2.44. The topological polar surface area (TPSA) is 13.0 Å². The van der Waals surface area contributed by atoms with Crippen LogP contribution in [0.15, 0.2) is 364 Å². The van der Waals surface area contributed by atoms with Gasteiger partial charge in [-0.1, -0.05) is 274 Å². The lowest BCUT2D eigenvalue weighted by Crippen LogP contribution is -2.61. The van der Waals surface area contributed by atoms with Crippen LogP contribution in [0.25, 0.3) is 44.5 Å². The van der Waals surface area contributed by atoms with E-state index in [0.717, 1.165) is 50.9 Å². The van der Waals surface area contributed by atoms with Crippen LogP contribution in [0.2, 0.25) is 5.02 Å². The maximum Gasteiger partial charge on any atom is 0.252 e. The zero-order valence-corrected chi connectivity index (χ0v) is 50.1. The number of hydrogen-bond acceptors (Lipinski definition) is 4. The molecule has 6 heteroatoms. The molecular formula is C85H64BClN4. The second-order valence-electron chi connectivity index (χ2n) is 22.5. The molecule has 2 heterocycles. The molecule has 0 N–H and O–H groups in total. The van der Waals surface area contributed by atoms with E-state index in [-0.39, 0.29) is 14.1 Å². The zero-order chi connectivity index (χ0) is 60.2. The second-order valence-corrected chi connectivity index (χ2v) is 22.9. The Balaban J connectivity index is 0.000000157. The van der Waals surface area contributed by atoms with Crippen LogP contribution < -0.4 is 36.0 Å². The molecule has 0 spiro atoms. The number of anilines is 12. The Morgan fingerprint density at radius 2 is 0.549 bits per heavy atom. The smallest absolute Gasteiger partial charge is 0.252 e. The van der Waals surface area contributed by atoms with Crippen molar-refractivity contribution in [1.82, 2.24) is 0 Å². The summed E-state index contributed by atoms with van der Waals surface area (Å²) in [6, 6.07) is 129. The van der Waals surface area contributed by atoms with Gasteiger partial charge in [-0.15, -0.1) is 0 Å². The number of fused-ring (bicyclic) bond motifs is 4. The summed E-state index contributed by atoms with van der Waals surface area (Å²) >= 11 is 7.47. The Kier molecular flexibility index (Phi) is 16.2. The van der Waals surface area contributed by atoms with E-state index >= 15 is 0 Å². The second kappa shape index (κ2) is 25.8. The first-order valence-corrected chi connectivity index (χ1v) is 31.0. The van der Waals surface area contributed by atoms with Gasteiger partial charge in [-0.3, -0.25) is 0 Å². The van der Waals surface area contributed by atoms with Crippen molar-refractivity contribution in [2.45, 2.75) is 7.43 Å². The Labute approximate surface area is 540 Å². The average Bonchev–Trinajstić information content (AvgIpc) is 0.715. The molecule has 0 aliphatic carbocycles. The van der Waals surface area contributed by atoms with Crippen molar-refractivity contribution >= 4 is 103 Å². The highest BCUT2D eigenvalue weighted by Crippen LogP contribution is 2.48. The third-order valence-corrected chi connectivity index (χ3v) is 17.6. The number of halogens is 1. The Bertz CT molecular complexity index is 4630. The van der Waals surface area contributed by atoms with Gasteiger partial charge in [0.1, 0.15) is 0 Å². The van der Waals surface area contributed by atoms with Gasteiger partial charge >= 0.3 is 0 Å². The van der Waals surface area contributed by atoms with Crippen LogP contribution in [-0.2, 0) is 0 Å². The molecule has 0 bridgehead atoms. The Hall–Kier alpha value is -11.4. The van der Waals surface area contributed by atoms with E-state index in [1.165, 1.54) is 78.2 Å². The molecule has 0 unspecified atom stereocenters. The molecule has 0 saturated carbocycles. The minimum atomic E-state index is 0. The van der Waals surface area contributed by atoms with Crippen molar-refractivity contribution in [3.63, 3.8) is 0 Å². The van der Waals surface area contributed by atoms with Gasteiger partial charge < -0.3 is 19.6 Å². The summed E-state index contributed by atoms with van der Waals surface area (Å²) in [4.78, 5) is 9.35. The van der Waals surface area contributed by atoms with Crippen molar-refractivity contribution in [2.24, 2.45) is 0 Å². The van der Waals surface area contributed by atoms with Crippen LogP contribution >= 0.6 is 11.6 Å². The fourth-order valence-corrected chi connectivity index (χ4v) is 13.3. The van der Waals surface area contributed by atoms with Crippen molar-refractivity contribution in [3.05, 3.63) is 369 Å². The van der Waals surface area contributed by atoms with Crippen LogP contribution in [0, 0.1) is 0 Å². The fraction of sp³-hybridized carbons (Fsp3) is 0.0118. The van der Waals surface area contributed by atoms with Gasteiger partial charge in [0.25, 0.3) is 6.71 Å². The monoisotopic (exact) mass is 1190 g/mol. The van der Waals surface area contributed by atoms with Crippen molar-refractivity contribution < 1.29 is 0 Å². The maximum absolute atomic E-state index is 7.47. The van der Waals surface area contributed by atoms with Gasteiger partial charge in [0, 0.05) is 56.9 Å². The fourth-order valence-electron chi connectivity index (χ4n) is 13.0. The summed E-state index contributed by atoms with van der Waals surface area (Å²) in [7, 11) is 0. The third-order valence-electron chi connectivity index (χ3n) is 17.2. The number of nitrogens with zero attached hydrogens (tertiary/aromatic N) is 4. The number of rotatable bonds is 12. The molecule has 16 rings (SSSR count). The van der Waals surface area contributed by atoms with E-state index in [1.807, 2.05) is 24.3 Å². The normalized spacial score (nSPS) is 11.6. The first kappa shape index (κ1) is 57.4. The van der Waals surface area contributed by atoms with Gasteiger partial charge in [-0.2, -0.15) is 0 Å². The number of para-hydroxylation sites is 4. The third kappa shape index (κ3) is 11.2. The van der Waals surface area contributed by atoms with E-state index in [1.54, 1.807) is 0 Å². The van der Waals surface area contributed by atoms with Crippen LogP contribution in [0.4, 0.5) is 68.2 Å². The molecule has 4 nitrogen and oxygen atoms in total. The first-order chi connectivity index (χ1) is 44.6. The predicted molar refractivity (Wildman–Crippen MR) is 390 cm³/mol. The first-order valence-electron chi connectivity index (χ1n) is 30.6. The minimum Gasteiger partial charge on any atom is -0.311 e. The molecule has 91 heavy (non-hydrogen) atoms. The predicted octanol–water partition coefficient (Wildman–Crippen LogP) is 22.4. The van der Waals surface area contributed by atoms with Crippen molar-refractivity contribution in [2.75, 3.05) is 19.6 Å². The van der Waals surface area contributed by atoms with Gasteiger partial charge in [-0.25, -0.2) is 0 Å². The van der Waals surface area contributed by atoms with Gasteiger partial charge in [-0.05, 0) is 170 Å². The van der Waals surface area contributed by atoms with Crippen molar-refractivity contribution in [1.29, 1.82) is 0 Å². The SMILES string of the molecule is C.Clc1c(N(c2ccccc2)c2ccccc2)cccc1N(c1ccc(-c2ccccc2)cc1)c1ccc(-c2ccccc2)cc1.c1ccc(-c2ccc(N3c4ccc(-c5ccccc5)cc4B4c5ccccc5N(c5ccccc5)c5cccc3c54)cc2)cc1. The van der Waals surface area contributed by atoms with Gasteiger partial charge in [0.05, 0.1) is 16.4 Å². The van der Waals surface area contributed by atoms with Crippen LogP contribution in [0.5, 0.6) is 0 Å². The van der Waals surface area contributed by atoms with Crippen LogP contribution in [0.1, 0.15) is 7.43 Å². The lowest BCUT2D eigenvalue weighted by atomic mass is 9.33. The Morgan fingerprint density at radius 1 is 0.242 bits per heavy atom. The molecule has 0 atom stereocenters. The van der Waals surface area contributed by atoms with E-state index in [0.29, 0.717) is 5.02 Å². The van der Waals surface area contributed by atoms with E-state index in [2.05, 4.69) is 359 Å². The molecule has 14 aromatic carbocycles. The van der Waals surface area contributed by atoms with E-state index in [4.69, 9.17) is 11.6 Å². The molecule has 0 aromatic heterocycles. The van der Waals surface area contributed by atoms with Crippen LogP contribution in [0.3, 0.4) is 0 Å². The molecule has 434 valence electrons. The minimum absolute atomic E-state index is 0. The summed E-state index contributed by atoms with van der Waals surface area (Å²) in [5.41, 5.74) is 26.7. The largest absolute Gasteiger partial charge is 0.311 e. The molecule has 2 aliphatic heterocycles. The number of hydrogen-bond donors (Lipinski definition) is 0. The maximum atomic E-state index is 7.47. The van der Waals surface area contributed by atoms with Crippen molar-refractivity contribution in [3.8, 4) is 44.5 Å². The highest BCUT2D eigenvalue weighted by Gasteiger charge is 2.43. The van der Waals surface area contributed by atoms with E-state index in [9.17, 15) is 0 Å². The number of benzene rings is 14. The quantitative estimate of drug-likeness (QED) is 0.113. The summed E-state index contributed by atoms with van der Waals surface area (Å²) in [6.07, 6.45) is 0. The van der Waals surface area contributed by atoms with Crippen LogP contribution in [-0.4, -0.2) is 6.71 Å². The zero-order valence-electron chi connectivity index (χ0n) is 49.4. The molecule has 0 fully saturated rings. The summed E-state index contributed by atoms with van der Waals surface area (Å²) in [5.74, 6) is 0. The summed E-state index contributed by atoms with van der Waals surface area (Å²) in [5, 5.41) is 0.657. The van der Waals surface area contributed by atoms with Gasteiger partial charge in [0.2, 0.25) is 0 Å². The molecule has 0 saturated heterocycles. The standard InChI is InChI=1S/C42H29BN2.C42H31ClN2.CH4/c1-4-13-30(14-5-1)32-23-26-35(27-24-32)45-39-28-25-33(31-15-6-2-7-16-31)29-37(39)43-36-19-10-11-20-38(36)44(34-17-8-3-9-18-34)40-21-12-22-41(45)42(40)43;43-42-40(44(36-18-9-3-10-19-36)37-20-11-4-12-21-37)22-13-23-41(42)45(38-28-24-34(25-29-38)32-14-5-1-6-15-32)39-30-26-35(27-31-39)33-16-7-2-8-17-33;/h1-29H;1-31H;1H4.